The summed E-state index contributed by atoms with van der Waals surface area (Å²) in [5, 5.41) is 27.4. The number of aliphatic hydroxyl groups excluding tert-OH is 2. The van der Waals surface area contributed by atoms with Crippen LogP contribution in [0.25, 0.3) is 0 Å². The lowest BCUT2D eigenvalue weighted by atomic mass is 9.96. The third-order valence-corrected chi connectivity index (χ3v) is 4.43. The number of hydrogen-bond acceptors (Lipinski definition) is 6. The van der Waals surface area contributed by atoms with E-state index in [2.05, 4.69) is 20.4 Å². The van der Waals surface area contributed by atoms with Crippen LogP contribution < -0.4 is 5.32 Å². The second-order valence-electron chi connectivity index (χ2n) is 6.06. The minimum absolute atomic E-state index is 0.251. The van der Waals surface area contributed by atoms with E-state index in [1.807, 2.05) is 13.8 Å². The molecule has 4 unspecified atom stereocenters. The largest absolute Gasteiger partial charge is 0.390 e. The van der Waals surface area contributed by atoms with Gasteiger partial charge in [-0.25, -0.2) is 9.97 Å². The predicted octanol–water partition coefficient (Wildman–Crippen LogP) is 0.00912. The van der Waals surface area contributed by atoms with Crippen LogP contribution in [0.4, 0.5) is 0 Å². The normalized spacial score (nSPS) is 26.5. The number of aryl methyl sites for hydroxylation is 2. The highest BCUT2D eigenvalue weighted by atomic mass is 16.3. The van der Waals surface area contributed by atoms with E-state index in [1.165, 1.54) is 6.33 Å². The Bertz CT molecular complexity index is 718. The van der Waals surface area contributed by atoms with Gasteiger partial charge in [-0.3, -0.25) is 9.48 Å². The first-order valence-electron chi connectivity index (χ1n) is 7.97. The Hall–Kier alpha value is -2.32. The fourth-order valence-corrected chi connectivity index (χ4v) is 3.25. The SMILES string of the molecule is CCn1nc(C)cc1C(=O)NC1C(c2cncnc2)CC(O)C1O. The van der Waals surface area contributed by atoms with Gasteiger partial charge in [0.15, 0.2) is 0 Å². The number of carbonyl (C=O) groups is 1. The van der Waals surface area contributed by atoms with Crippen LogP contribution in [0.3, 0.4) is 0 Å². The number of hydrogen-bond donors (Lipinski definition) is 3. The molecule has 1 amide bonds. The predicted molar refractivity (Wildman–Crippen MR) is 85.3 cm³/mol. The van der Waals surface area contributed by atoms with Crippen molar-refractivity contribution < 1.29 is 15.0 Å². The Kier molecular flexibility index (Phi) is 4.59. The van der Waals surface area contributed by atoms with Gasteiger partial charge in [0.2, 0.25) is 0 Å². The average molecular weight is 331 g/mol. The van der Waals surface area contributed by atoms with Gasteiger partial charge in [0.25, 0.3) is 5.91 Å². The van der Waals surface area contributed by atoms with Gasteiger partial charge in [-0.05, 0) is 31.9 Å². The summed E-state index contributed by atoms with van der Waals surface area (Å²) >= 11 is 0. The molecule has 0 aromatic carbocycles. The molecule has 1 fully saturated rings. The lowest BCUT2D eigenvalue weighted by Crippen LogP contribution is -2.45. The van der Waals surface area contributed by atoms with Crippen LogP contribution in [0, 0.1) is 6.92 Å². The molecule has 0 bridgehead atoms. The standard InChI is InChI=1S/C16H21N5O3/c1-3-21-12(4-9(2)20-21)16(24)19-14-11(5-13(22)15(14)23)10-6-17-8-18-7-10/h4,6-8,11,13-15,22-23H,3,5H2,1-2H3,(H,19,24). The molecule has 0 aliphatic heterocycles. The lowest BCUT2D eigenvalue weighted by Gasteiger charge is -2.23. The van der Waals surface area contributed by atoms with Crippen LogP contribution in [0.5, 0.6) is 0 Å². The molecule has 2 heterocycles. The van der Waals surface area contributed by atoms with Crippen molar-refractivity contribution in [1.29, 1.82) is 0 Å². The number of nitrogens with zero attached hydrogens (tertiary/aromatic N) is 4. The molecule has 3 N–H and O–H groups in total. The molecule has 0 radical (unpaired) electrons. The monoisotopic (exact) mass is 331 g/mol. The van der Waals surface area contributed by atoms with Crippen molar-refractivity contribution in [3.63, 3.8) is 0 Å². The number of aromatic nitrogens is 4. The lowest BCUT2D eigenvalue weighted by molar-refractivity contribution is 0.0293. The van der Waals surface area contributed by atoms with Crippen molar-refractivity contribution in [2.24, 2.45) is 0 Å². The molecule has 2 aromatic rings. The minimum Gasteiger partial charge on any atom is -0.390 e. The second-order valence-corrected chi connectivity index (χ2v) is 6.06. The molecular weight excluding hydrogens is 310 g/mol. The van der Waals surface area contributed by atoms with Crippen LogP contribution in [-0.4, -0.2) is 54.1 Å². The maximum Gasteiger partial charge on any atom is 0.269 e. The van der Waals surface area contributed by atoms with E-state index in [9.17, 15) is 15.0 Å². The summed E-state index contributed by atoms with van der Waals surface area (Å²) in [5.41, 5.74) is 1.97. The average Bonchev–Trinajstić information content (AvgIpc) is 3.10. The second kappa shape index (κ2) is 6.66. The molecule has 2 aromatic heterocycles. The Labute approximate surface area is 139 Å². The Balaban J connectivity index is 1.84. The minimum atomic E-state index is -1.04. The van der Waals surface area contributed by atoms with E-state index in [0.717, 1.165) is 11.3 Å². The molecule has 4 atom stereocenters. The van der Waals surface area contributed by atoms with Gasteiger partial charge in [0, 0.05) is 24.9 Å². The highest BCUT2D eigenvalue weighted by Crippen LogP contribution is 2.34. The van der Waals surface area contributed by atoms with E-state index in [0.29, 0.717) is 18.7 Å². The van der Waals surface area contributed by atoms with Crippen molar-refractivity contribution in [3.8, 4) is 0 Å². The van der Waals surface area contributed by atoms with Gasteiger partial charge < -0.3 is 15.5 Å². The zero-order chi connectivity index (χ0) is 17.3. The van der Waals surface area contributed by atoms with Gasteiger partial charge >= 0.3 is 0 Å². The zero-order valence-corrected chi connectivity index (χ0v) is 13.6. The van der Waals surface area contributed by atoms with Crippen molar-refractivity contribution in [2.45, 2.75) is 51.0 Å². The van der Waals surface area contributed by atoms with Gasteiger partial charge in [-0.1, -0.05) is 0 Å². The van der Waals surface area contributed by atoms with E-state index in [-0.39, 0.29) is 11.8 Å². The van der Waals surface area contributed by atoms with Gasteiger partial charge in [0.05, 0.1) is 17.8 Å². The van der Waals surface area contributed by atoms with Crippen molar-refractivity contribution in [2.75, 3.05) is 0 Å². The molecule has 1 saturated carbocycles. The summed E-state index contributed by atoms with van der Waals surface area (Å²) in [6, 6.07) is 1.09. The molecular formula is C16H21N5O3. The first kappa shape index (κ1) is 16.5. The summed E-state index contributed by atoms with van der Waals surface area (Å²) in [6.07, 6.45) is 3.09. The summed E-state index contributed by atoms with van der Waals surface area (Å²) in [5.74, 6) is -0.573. The van der Waals surface area contributed by atoms with Crippen LogP contribution in [0.2, 0.25) is 0 Å². The van der Waals surface area contributed by atoms with E-state index in [1.54, 1.807) is 23.1 Å². The molecule has 8 heteroatoms. The van der Waals surface area contributed by atoms with E-state index in [4.69, 9.17) is 0 Å². The third kappa shape index (κ3) is 3.02. The topological polar surface area (TPSA) is 113 Å². The number of carbonyl (C=O) groups excluding carboxylic acids is 1. The molecule has 0 saturated heterocycles. The molecule has 0 spiro atoms. The highest BCUT2D eigenvalue weighted by molar-refractivity contribution is 5.93. The smallest absolute Gasteiger partial charge is 0.269 e. The van der Waals surface area contributed by atoms with Crippen LogP contribution in [0.1, 0.15) is 41.0 Å². The van der Waals surface area contributed by atoms with Gasteiger partial charge in [-0.2, -0.15) is 5.10 Å². The Morgan fingerprint density at radius 2 is 2.08 bits per heavy atom. The maximum absolute atomic E-state index is 12.6. The molecule has 1 aliphatic rings. The fourth-order valence-electron chi connectivity index (χ4n) is 3.25. The summed E-state index contributed by atoms with van der Waals surface area (Å²) in [6.45, 7) is 4.30. The molecule has 24 heavy (non-hydrogen) atoms. The Morgan fingerprint density at radius 1 is 1.38 bits per heavy atom. The molecule has 3 rings (SSSR count). The van der Waals surface area contributed by atoms with Crippen molar-refractivity contribution in [3.05, 3.63) is 41.7 Å². The fraction of sp³-hybridized carbons (Fsp3) is 0.500. The van der Waals surface area contributed by atoms with E-state index < -0.39 is 18.2 Å². The Morgan fingerprint density at radius 3 is 2.75 bits per heavy atom. The summed E-state index contributed by atoms with van der Waals surface area (Å²) in [4.78, 5) is 20.6. The quantitative estimate of drug-likeness (QED) is 0.727. The molecule has 1 aliphatic carbocycles. The summed E-state index contributed by atoms with van der Waals surface area (Å²) in [7, 11) is 0. The molecule has 128 valence electrons. The number of aliphatic hydroxyl groups is 2. The highest BCUT2D eigenvalue weighted by Gasteiger charge is 2.43. The summed E-state index contributed by atoms with van der Waals surface area (Å²) < 4.78 is 1.61. The van der Waals surface area contributed by atoms with E-state index >= 15 is 0 Å². The zero-order valence-electron chi connectivity index (χ0n) is 13.6. The van der Waals surface area contributed by atoms with Crippen LogP contribution in [0.15, 0.2) is 24.8 Å². The maximum atomic E-state index is 12.6. The van der Waals surface area contributed by atoms with Gasteiger partial charge in [0.1, 0.15) is 18.1 Å². The number of nitrogens with one attached hydrogen (secondary N) is 1. The number of amides is 1. The van der Waals surface area contributed by atoms with Crippen LogP contribution >= 0.6 is 0 Å². The third-order valence-electron chi connectivity index (χ3n) is 4.43. The van der Waals surface area contributed by atoms with Crippen molar-refractivity contribution >= 4 is 5.91 Å². The first-order chi connectivity index (χ1) is 11.5. The first-order valence-corrected chi connectivity index (χ1v) is 7.97. The van der Waals surface area contributed by atoms with Crippen molar-refractivity contribution in [1.82, 2.24) is 25.1 Å². The number of rotatable bonds is 4. The van der Waals surface area contributed by atoms with Gasteiger partial charge in [-0.15, -0.1) is 0 Å². The molecule has 8 nitrogen and oxygen atoms in total. The van der Waals surface area contributed by atoms with Crippen LogP contribution in [-0.2, 0) is 6.54 Å².